The summed E-state index contributed by atoms with van der Waals surface area (Å²) in [4.78, 5) is 14.5. The Bertz CT molecular complexity index is 651. The fraction of sp³-hybridized carbons (Fsp3) is 0.278. The third kappa shape index (κ3) is 2.96. The van der Waals surface area contributed by atoms with E-state index in [0.717, 1.165) is 29.1 Å². The van der Waals surface area contributed by atoms with Gasteiger partial charge in [-0.2, -0.15) is 0 Å². The molecule has 2 nitrogen and oxygen atoms in total. The first kappa shape index (κ1) is 14.2. The Kier molecular flexibility index (Phi) is 3.98. The number of fused-ring (bicyclic) bond motifs is 1. The van der Waals surface area contributed by atoms with E-state index >= 15 is 0 Å². The topological polar surface area (TPSA) is 20.3 Å². The third-order valence-corrected chi connectivity index (χ3v) is 4.27. The molecule has 1 amide bonds. The van der Waals surface area contributed by atoms with Crippen LogP contribution in [-0.2, 0) is 17.6 Å². The molecule has 2 aromatic carbocycles. The van der Waals surface area contributed by atoms with Crippen molar-refractivity contribution in [2.24, 2.45) is 0 Å². The molecular formula is C18H18ClNO. The number of amides is 1. The van der Waals surface area contributed by atoms with Gasteiger partial charge in [0, 0.05) is 23.2 Å². The van der Waals surface area contributed by atoms with Crippen molar-refractivity contribution in [3.63, 3.8) is 0 Å². The number of carbonyl (C=O) groups is 1. The van der Waals surface area contributed by atoms with E-state index < -0.39 is 0 Å². The molecule has 0 aliphatic carbocycles. The van der Waals surface area contributed by atoms with Crippen molar-refractivity contribution in [3.8, 4) is 0 Å². The molecule has 21 heavy (non-hydrogen) atoms. The molecule has 1 heterocycles. The Morgan fingerprint density at radius 3 is 2.67 bits per heavy atom. The highest BCUT2D eigenvalue weighted by Crippen LogP contribution is 2.32. The maximum Gasteiger partial charge on any atom is 0.227 e. The smallest absolute Gasteiger partial charge is 0.227 e. The number of hydrogen-bond acceptors (Lipinski definition) is 1. The van der Waals surface area contributed by atoms with Crippen LogP contribution in [0, 0.1) is 0 Å². The van der Waals surface area contributed by atoms with Gasteiger partial charge in [-0.1, -0.05) is 41.9 Å². The molecule has 1 atom stereocenters. The minimum absolute atomic E-state index is 0.197. The van der Waals surface area contributed by atoms with Gasteiger partial charge in [0.1, 0.15) is 0 Å². The fourth-order valence-corrected chi connectivity index (χ4v) is 3.09. The summed E-state index contributed by atoms with van der Waals surface area (Å²) in [5.74, 6) is 0.197. The van der Waals surface area contributed by atoms with Gasteiger partial charge in [0.05, 0.1) is 0 Å². The van der Waals surface area contributed by atoms with Crippen LogP contribution in [0.5, 0.6) is 0 Å². The Balaban J connectivity index is 1.70. The zero-order chi connectivity index (χ0) is 14.8. The molecule has 0 unspecified atom stereocenters. The van der Waals surface area contributed by atoms with Gasteiger partial charge in [-0.05, 0) is 49.1 Å². The maximum atomic E-state index is 12.6. The molecule has 0 saturated heterocycles. The second kappa shape index (κ2) is 5.90. The van der Waals surface area contributed by atoms with E-state index in [1.807, 2.05) is 47.4 Å². The van der Waals surface area contributed by atoms with Crippen molar-refractivity contribution in [2.45, 2.75) is 32.2 Å². The summed E-state index contributed by atoms with van der Waals surface area (Å²) in [7, 11) is 0. The Hall–Kier alpha value is -1.80. The van der Waals surface area contributed by atoms with Crippen LogP contribution in [0.15, 0.2) is 48.5 Å². The predicted octanol–water partition coefficient (Wildman–Crippen LogP) is 4.25. The lowest BCUT2D eigenvalue weighted by molar-refractivity contribution is -0.118. The summed E-state index contributed by atoms with van der Waals surface area (Å²) in [6, 6.07) is 16.1. The van der Waals surface area contributed by atoms with Gasteiger partial charge in [-0.25, -0.2) is 0 Å². The van der Waals surface area contributed by atoms with Crippen LogP contribution in [0.4, 0.5) is 5.69 Å². The minimum Gasteiger partial charge on any atom is -0.309 e. The Morgan fingerprint density at radius 2 is 1.90 bits per heavy atom. The zero-order valence-electron chi connectivity index (χ0n) is 12.1. The maximum absolute atomic E-state index is 12.6. The summed E-state index contributed by atoms with van der Waals surface area (Å²) in [6.07, 6.45) is 2.23. The molecule has 108 valence electrons. The van der Waals surface area contributed by atoms with Crippen molar-refractivity contribution in [1.82, 2.24) is 0 Å². The van der Waals surface area contributed by atoms with Gasteiger partial charge in [0.2, 0.25) is 5.91 Å². The van der Waals surface area contributed by atoms with Gasteiger partial charge < -0.3 is 4.90 Å². The number of nitrogens with zero attached hydrogens (tertiary/aromatic N) is 1. The summed E-state index contributed by atoms with van der Waals surface area (Å²) < 4.78 is 0. The van der Waals surface area contributed by atoms with Crippen LogP contribution >= 0.6 is 11.6 Å². The normalized spacial score (nSPS) is 16.9. The summed E-state index contributed by atoms with van der Waals surface area (Å²) in [5.41, 5.74) is 3.49. The van der Waals surface area contributed by atoms with E-state index in [0.29, 0.717) is 6.42 Å². The van der Waals surface area contributed by atoms with Gasteiger partial charge in [0.25, 0.3) is 0 Å². The lowest BCUT2D eigenvalue weighted by atomic mass is 10.1. The second-order valence-corrected chi connectivity index (χ2v) is 6.01. The molecule has 0 bridgehead atoms. The van der Waals surface area contributed by atoms with E-state index in [1.165, 1.54) is 5.56 Å². The molecule has 1 aliphatic heterocycles. The predicted molar refractivity (Wildman–Crippen MR) is 86.9 cm³/mol. The molecule has 3 heteroatoms. The molecule has 0 spiro atoms. The molecular weight excluding hydrogens is 282 g/mol. The summed E-state index contributed by atoms with van der Waals surface area (Å²) >= 11 is 5.88. The quantitative estimate of drug-likeness (QED) is 0.829. The van der Waals surface area contributed by atoms with E-state index in [-0.39, 0.29) is 11.9 Å². The van der Waals surface area contributed by atoms with Crippen LogP contribution in [0.1, 0.15) is 24.5 Å². The van der Waals surface area contributed by atoms with E-state index in [1.54, 1.807) is 0 Å². The highest BCUT2D eigenvalue weighted by atomic mass is 35.5. The van der Waals surface area contributed by atoms with E-state index in [9.17, 15) is 4.79 Å². The monoisotopic (exact) mass is 299 g/mol. The standard InChI is InChI=1S/C18H18ClNO/c1-13-12-15-4-2-3-5-17(15)20(13)18(21)11-8-14-6-9-16(19)10-7-14/h2-7,9-10,13H,8,11-12H2,1H3/t13-/m0/s1. The van der Waals surface area contributed by atoms with E-state index in [2.05, 4.69) is 13.0 Å². The van der Waals surface area contributed by atoms with Crippen molar-refractivity contribution < 1.29 is 4.79 Å². The third-order valence-electron chi connectivity index (χ3n) is 4.02. The molecule has 0 N–H and O–H groups in total. The largest absolute Gasteiger partial charge is 0.309 e. The van der Waals surface area contributed by atoms with Gasteiger partial charge in [0.15, 0.2) is 0 Å². The van der Waals surface area contributed by atoms with Crippen molar-refractivity contribution in [1.29, 1.82) is 0 Å². The van der Waals surface area contributed by atoms with Gasteiger partial charge in [-0.15, -0.1) is 0 Å². The highest BCUT2D eigenvalue weighted by Gasteiger charge is 2.29. The Labute approximate surface area is 130 Å². The number of aryl methyl sites for hydroxylation is 1. The van der Waals surface area contributed by atoms with Gasteiger partial charge in [-0.3, -0.25) is 4.79 Å². The highest BCUT2D eigenvalue weighted by molar-refractivity contribution is 6.30. The summed E-state index contributed by atoms with van der Waals surface area (Å²) in [6.45, 7) is 2.11. The number of benzene rings is 2. The molecule has 2 aromatic rings. The van der Waals surface area contributed by atoms with Crippen LogP contribution in [0.2, 0.25) is 5.02 Å². The number of para-hydroxylation sites is 1. The minimum atomic E-state index is 0.197. The first-order chi connectivity index (χ1) is 10.1. The number of rotatable bonds is 3. The number of hydrogen-bond donors (Lipinski definition) is 0. The lowest BCUT2D eigenvalue weighted by Crippen LogP contribution is -2.35. The number of anilines is 1. The second-order valence-electron chi connectivity index (χ2n) is 5.57. The van der Waals surface area contributed by atoms with Crippen LogP contribution in [0.3, 0.4) is 0 Å². The fourth-order valence-electron chi connectivity index (χ4n) is 2.97. The molecule has 1 aliphatic rings. The molecule has 0 fully saturated rings. The van der Waals surface area contributed by atoms with Crippen molar-refractivity contribution in [2.75, 3.05) is 4.90 Å². The summed E-state index contributed by atoms with van der Waals surface area (Å²) in [5, 5.41) is 0.729. The molecule has 0 saturated carbocycles. The molecule has 0 radical (unpaired) electrons. The molecule has 3 rings (SSSR count). The van der Waals surface area contributed by atoms with E-state index in [4.69, 9.17) is 11.6 Å². The lowest BCUT2D eigenvalue weighted by Gasteiger charge is -2.22. The SMILES string of the molecule is C[C@H]1Cc2ccccc2N1C(=O)CCc1ccc(Cl)cc1. The number of halogens is 1. The zero-order valence-corrected chi connectivity index (χ0v) is 12.8. The average Bonchev–Trinajstić information content (AvgIpc) is 2.82. The van der Waals surface area contributed by atoms with Crippen LogP contribution in [0.25, 0.3) is 0 Å². The molecule has 0 aromatic heterocycles. The van der Waals surface area contributed by atoms with Crippen LogP contribution in [-0.4, -0.2) is 11.9 Å². The van der Waals surface area contributed by atoms with Crippen LogP contribution < -0.4 is 4.90 Å². The first-order valence-electron chi connectivity index (χ1n) is 7.29. The van der Waals surface area contributed by atoms with Crippen molar-refractivity contribution in [3.05, 3.63) is 64.7 Å². The number of carbonyl (C=O) groups excluding carboxylic acids is 1. The Morgan fingerprint density at radius 1 is 1.19 bits per heavy atom. The average molecular weight is 300 g/mol. The van der Waals surface area contributed by atoms with Crippen molar-refractivity contribution >= 4 is 23.2 Å². The van der Waals surface area contributed by atoms with Gasteiger partial charge >= 0.3 is 0 Å². The first-order valence-corrected chi connectivity index (χ1v) is 7.67.